The van der Waals surface area contributed by atoms with Gasteiger partial charge in [-0.3, -0.25) is 14.8 Å². The number of rotatable bonds is 7. The first-order chi connectivity index (χ1) is 16.8. The van der Waals surface area contributed by atoms with E-state index in [1.807, 2.05) is 24.5 Å². The van der Waals surface area contributed by atoms with Crippen molar-refractivity contribution < 1.29 is 4.79 Å². The Hall–Kier alpha value is -3.27. The van der Waals surface area contributed by atoms with Crippen LogP contribution in [0.3, 0.4) is 0 Å². The van der Waals surface area contributed by atoms with E-state index >= 15 is 0 Å². The lowest BCUT2D eigenvalue weighted by atomic mass is 9.88. The van der Waals surface area contributed by atoms with Crippen LogP contribution in [-0.4, -0.2) is 35.6 Å². The van der Waals surface area contributed by atoms with Crippen LogP contribution in [0.15, 0.2) is 72.0 Å². The molecule has 1 fully saturated rings. The van der Waals surface area contributed by atoms with Crippen LogP contribution in [0.2, 0.25) is 0 Å². The van der Waals surface area contributed by atoms with Crippen molar-refractivity contribution in [1.82, 2.24) is 9.88 Å². The number of amides is 1. The number of allylic oxidation sites excluding steroid dienone is 4. The number of carbonyl (C=O) groups is 1. The van der Waals surface area contributed by atoms with E-state index in [1.165, 1.54) is 35.1 Å². The summed E-state index contributed by atoms with van der Waals surface area (Å²) in [6, 6.07) is 10.5. The highest BCUT2D eigenvalue weighted by Crippen LogP contribution is 2.54. The second kappa shape index (κ2) is 10.2. The van der Waals surface area contributed by atoms with E-state index < -0.39 is 0 Å². The number of nitrogens with zero attached hydrogens (tertiary/aromatic N) is 3. The number of aromatic nitrogens is 1. The van der Waals surface area contributed by atoms with Crippen LogP contribution in [0, 0.1) is 0 Å². The van der Waals surface area contributed by atoms with Crippen molar-refractivity contribution in [1.29, 1.82) is 0 Å². The van der Waals surface area contributed by atoms with E-state index in [0.29, 0.717) is 5.92 Å². The number of carbonyl (C=O) groups excluding carboxylic acids is 1. The topological polar surface area (TPSA) is 45.6 Å². The summed E-state index contributed by atoms with van der Waals surface area (Å²) in [5.41, 5.74) is 8.97. The highest BCUT2D eigenvalue weighted by Gasteiger charge is 2.45. The minimum absolute atomic E-state index is 0.0449. The molecule has 2 aromatic rings. The van der Waals surface area contributed by atoms with Gasteiger partial charge in [0.05, 0.1) is 5.69 Å². The first kappa shape index (κ1) is 24.8. The standard InChI is InChI=1S/C31H37N3O/c1-7-21(3)24-12-16-32-29(19-24)23(8-2)20-33-22(4)25-11-13-31(14-15-31)28-10-9-26(18-27(28)17-25)30(35)34(5)6/h8-12,16,18-21H,2,7,13-15,17H2,1,3-6H3/b23-20+,33-22+. The number of pyridine rings is 1. The molecule has 1 unspecified atom stereocenters. The minimum Gasteiger partial charge on any atom is -0.345 e. The highest BCUT2D eigenvalue weighted by molar-refractivity contribution is 6.00. The molecular formula is C31H37N3O. The maximum atomic E-state index is 12.6. The average molecular weight is 468 g/mol. The second-order valence-electron chi connectivity index (χ2n) is 10.2. The van der Waals surface area contributed by atoms with Gasteiger partial charge in [0, 0.05) is 43.3 Å². The second-order valence-corrected chi connectivity index (χ2v) is 10.2. The van der Waals surface area contributed by atoms with Crippen LogP contribution in [0.4, 0.5) is 0 Å². The summed E-state index contributed by atoms with van der Waals surface area (Å²) in [6.45, 7) is 10.5. The molecule has 1 amide bonds. The van der Waals surface area contributed by atoms with Gasteiger partial charge in [-0.05, 0) is 96.9 Å². The zero-order valence-electron chi connectivity index (χ0n) is 21.8. The molecule has 0 saturated heterocycles. The summed E-state index contributed by atoms with van der Waals surface area (Å²) < 4.78 is 0. The SMILES string of the molecule is C=C/C(=C\N=C(/C)C1=CCC2(CC2)c2ccc(C(=O)N(C)C)cc2C1)c1cc(C(C)CC)ccn1. The van der Waals surface area contributed by atoms with E-state index in [0.717, 1.165) is 41.8 Å². The van der Waals surface area contributed by atoms with Gasteiger partial charge in [0.1, 0.15) is 0 Å². The molecule has 2 aliphatic carbocycles. The molecule has 0 N–H and O–H groups in total. The van der Waals surface area contributed by atoms with Crippen LogP contribution >= 0.6 is 0 Å². The number of aliphatic imine (C=N–C) groups is 1. The van der Waals surface area contributed by atoms with Gasteiger partial charge < -0.3 is 4.90 Å². The van der Waals surface area contributed by atoms with E-state index in [1.54, 1.807) is 19.0 Å². The lowest BCUT2D eigenvalue weighted by molar-refractivity contribution is 0.0827. The summed E-state index contributed by atoms with van der Waals surface area (Å²) in [4.78, 5) is 23.7. The minimum atomic E-state index is 0.0449. The molecule has 1 saturated carbocycles. The van der Waals surface area contributed by atoms with Crippen LogP contribution in [0.5, 0.6) is 0 Å². The smallest absolute Gasteiger partial charge is 0.253 e. The predicted molar refractivity (Wildman–Crippen MR) is 146 cm³/mol. The maximum absolute atomic E-state index is 12.6. The largest absolute Gasteiger partial charge is 0.345 e. The zero-order valence-corrected chi connectivity index (χ0v) is 21.8. The van der Waals surface area contributed by atoms with Gasteiger partial charge in [0.25, 0.3) is 5.91 Å². The van der Waals surface area contributed by atoms with Gasteiger partial charge in [-0.15, -0.1) is 0 Å². The van der Waals surface area contributed by atoms with Crippen molar-refractivity contribution >= 4 is 17.2 Å². The average Bonchev–Trinajstić information content (AvgIpc) is 3.68. The fraction of sp³-hybridized carbons (Fsp3) is 0.387. The molecule has 1 aromatic heterocycles. The summed E-state index contributed by atoms with van der Waals surface area (Å²) in [7, 11) is 3.60. The normalized spacial score (nSPS) is 17.8. The third-order valence-corrected chi connectivity index (χ3v) is 7.65. The van der Waals surface area contributed by atoms with Gasteiger partial charge in [-0.2, -0.15) is 0 Å². The monoisotopic (exact) mass is 467 g/mol. The van der Waals surface area contributed by atoms with Crippen molar-refractivity contribution in [2.24, 2.45) is 4.99 Å². The lowest BCUT2D eigenvalue weighted by Gasteiger charge is -2.18. The van der Waals surface area contributed by atoms with Crippen LogP contribution in [-0.2, 0) is 11.8 Å². The molecule has 0 aliphatic heterocycles. The van der Waals surface area contributed by atoms with Gasteiger partial charge in [0.15, 0.2) is 0 Å². The fourth-order valence-electron chi connectivity index (χ4n) is 4.87. The maximum Gasteiger partial charge on any atom is 0.253 e. The molecule has 35 heavy (non-hydrogen) atoms. The van der Waals surface area contributed by atoms with Crippen molar-refractivity contribution in [3.05, 3.63) is 95.0 Å². The Morgan fingerprint density at radius 3 is 2.69 bits per heavy atom. The van der Waals surface area contributed by atoms with E-state index in [-0.39, 0.29) is 11.3 Å². The number of fused-ring (bicyclic) bond motifs is 2. The molecule has 1 aromatic carbocycles. The van der Waals surface area contributed by atoms with Crippen LogP contribution in [0.25, 0.3) is 5.57 Å². The molecular weight excluding hydrogens is 430 g/mol. The van der Waals surface area contributed by atoms with Gasteiger partial charge in [0.2, 0.25) is 0 Å². The Balaban J connectivity index is 1.64. The highest BCUT2D eigenvalue weighted by atomic mass is 16.2. The van der Waals surface area contributed by atoms with Gasteiger partial charge >= 0.3 is 0 Å². The van der Waals surface area contributed by atoms with Crippen molar-refractivity contribution in [3.63, 3.8) is 0 Å². The molecule has 182 valence electrons. The van der Waals surface area contributed by atoms with Crippen LogP contribution in [0.1, 0.15) is 85.1 Å². The number of hydrogen-bond donors (Lipinski definition) is 0. The van der Waals surface area contributed by atoms with E-state index in [2.05, 4.69) is 62.7 Å². The molecule has 4 heteroatoms. The molecule has 2 aliphatic rings. The quantitative estimate of drug-likeness (QED) is 0.329. The summed E-state index contributed by atoms with van der Waals surface area (Å²) >= 11 is 0. The molecule has 1 atom stereocenters. The van der Waals surface area contributed by atoms with E-state index in [4.69, 9.17) is 4.99 Å². The third kappa shape index (κ3) is 5.22. The first-order valence-electron chi connectivity index (χ1n) is 12.7. The van der Waals surface area contributed by atoms with E-state index in [9.17, 15) is 4.79 Å². The predicted octanol–water partition coefficient (Wildman–Crippen LogP) is 6.89. The first-order valence-corrected chi connectivity index (χ1v) is 12.7. The summed E-state index contributed by atoms with van der Waals surface area (Å²) in [5.74, 6) is 0.534. The van der Waals surface area contributed by atoms with Crippen molar-refractivity contribution in [3.8, 4) is 0 Å². The molecule has 0 radical (unpaired) electrons. The zero-order chi connectivity index (χ0) is 25.2. The Morgan fingerprint density at radius 1 is 1.26 bits per heavy atom. The van der Waals surface area contributed by atoms with Gasteiger partial charge in [-0.1, -0.05) is 38.6 Å². The molecule has 4 rings (SSSR count). The Bertz CT molecular complexity index is 1230. The number of benzene rings is 1. The lowest BCUT2D eigenvalue weighted by Crippen LogP contribution is -2.22. The van der Waals surface area contributed by atoms with Crippen LogP contribution < -0.4 is 0 Å². The number of hydrogen-bond acceptors (Lipinski definition) is 3. The van der Waals surface area contributed by atoms with Gasteiger partial charge in [-0.25, -0.2) is 0 Å². The molecule has 0 bridgehead atoms. The Labute approximate surface area is 210 Å². The molecule has 4 nitrogen and oxygen atoms in total. The summed E-state index contributed by atoms with van der Waals surface area (Å²) in [6.07, 6.45) is 13.3. The summed E-state index contributed by atoms with van der Waals surface area (Å²) in [5, 5.41) is 0. The van der Waals surface area contributed by atoms with Crippen molar-refractivity contribution in [2.45, 2.75) is 64.2 Å². The van der Waals surface area contributed by atoms with Crippen molar-refractivity contribution in [2.75, 3.05) is 14.1 Å². The molecule has 1 heterocycles. The third-order valence-electron chi connectivity index (χ3n) is 7.65. The fourth-order valence-corrected chi connectivity index (χ4v) is 4.87. The molecule has 1 spiro atoms. The Kier molecular flexibility index (Phi) is 7.20. The Morgan fingerprint density at radius 2 is 2.03 bits per heavy atom.